The zero-order valence-electron chi connectivity index (χ0n) is 12.0. The molecule has 2 N–H and O–H groups in total. The minimum atomic E-state index is -0.498. The van der Waals surface area contributed by atoms with Crippen LogP contribution in [0.5, 0.6) is 5.75 Å². The monoisotopic (exact) mass is 319 g/mol. The van der Waals surface area contributed by atoms with Crippen molar-refractivity contribution in [3.63, 3.8) is 0 Å². The Morgan fingerprint density at radius 2 is 2.18 bits per heavy atom. The van der Waals surface area contributed by atoms with Crippen molar-refractivity contribution in [1.82, 2.24) is 15.3 Å². The second kappa shape index (κ2) is 6.91. The molecule has 1 heterocycles. The number of benzene rings is 1. The summed E-state index contributed by atoms with van der Waals surface area (Å²) in [6.07, 6.45) is 4.59. The molecular formula is C15H14ClN3O3. The molecule has 114 valence electrons. The van der Waals surface area contributed by atoms with E-state index in [1.807, 2.05) is 6.07 Å². The molecule has 0 aliphatic rings. The van der Waals surface area contributed by atoms with Crippen LogP contribution in [0.1, 0.15) is 21.7 Å². The zero-order chi connectivity index (χ0) is 16.1. The van der Waals surface area contributed by atoms with E-state index in [1.54, 1.807) is 31.4 Å². The predicted molar refractivity (Wildman–Crippen MR) is 85.2 cm³/mol. The van der Waals surface area contributed by atoms with Gasteiger partial charge < -0.3 is 15.0 Å². The number of halogens is 1. The fourth-order valence-electron chi connectivity index (χ4n) is 1.75. The SMILES string of the molecule is CNC(=O)c1cnc(C=Cc2ccc(OC)c(Cl)c2)[nH]c1=O. The maximum absolute atomic E-state index is 11.8. The number of carbonyl (C=O) groups excluding carboxylic acids is 1. The summed E-state index contributed by atoms with van der Waals surface area (Å²) in [5, 5.41) is 2.86. The van der Waals surface area contributed by atoms with Gasteiger partial charge in [-0.1, -0.05) is 23.7 Å². The lowest BCUT2D eigenvalue weighted by molar-refractivity contribution is 0.0961. The highest BCUT2D eigenvalue weighted by Crippen LogP contribution is 2.25. The van der Waals surface area contributed by atoms with Crippen molar-refractivity contribution in [3.8, 4) is 5.75 Å². The van der Waals surface area contributed by atoms with Gasteiger partial charge in [-0.3, -0.25) is 9.59 Å². The van der Waals surface area contributed by atoms with Crippen LogP contribution in [0.2, 0.25) is 5.02 Å². The molecule has 0 aliphatic carbocycles. The summed E-state index contributed by atoms with van der Waals surface area (Å²) in [5.41, 5.74) is 0.290. The molecular weight excluding hydrogens is 306 g/mol. The Hall–Kier alpha value is -2.60. The fraction of sp³-hybridized carbons (Fsp3) is 0.133. The molecule has 1 aromatic heterocycles. The first-order valence-corrected chi connectivity index (χ1v) is 6.76. The van der Waals surface area contributed by atoms with E-state index in [1.165, 1.54) is 13.2 Å². The van der Waals surface area contributed by atoms with Crippen LogP contribution in [-0.4, -0.2) is 30.0 Å². The highest BCUT2D eigenvalue weighted by atomic mass is 35.5. The Balaban J connectivity index is 2.23. The fourth-order valence-corrected chi connectivity index (χ4v) is 2.02. The molecule has 0 fully saturated rings. The van der Waals surface area contributed by atoms with Gasteiger partial charge in [-0.25, -0.2) is 4.98 Å². The van der Waals surface area contributed by atoms with Crippen molar-refractivity contribution in [2.24, 2.45) is 0 Å². The molecule has 2 aromatic rings. The molecule has 0 atom stereocenters. The van der Waals surface area contributed by atoms with Gasteiger partial charge in [-0.05, 0) is 23.8 Å². The molecule has 0 saturated heterocycles. The Morgan fingerprint density at radius 1 is 1.41 bits per heavy atom. The first-order valence-electron chi connectivity index (χ1n) is 6.38. The van der Waals surface area contributed by atoms with Crippen LogP contribution in [0.3, 0.4) is 0 Å². The van der Waals surface area contributed by atoms with Gasteiger partial charge in [0.15, 0.2) is 0 Å². The number of aromatic nitrogens is 2. The quantitative estimate of drug-likeness (QED) is 0.902. The second-order valence-electron chi connectivity index (χ2n) is 4.32. The third-order valence-corrected chi connectivity index (χ3v) is 3.20. The van der Waals surface area contributed by atoms with E-state index >= 15 is 0 Å². The molecule has 22 heavy (non-hydrogen) atoms. The highest BCUT2D eigenvalue weighted by Gasteiger charge is 2.08. The Morgan fingerprint density at radius 3 is 2.77 bits per heavy atom. The Labute approximate surface area is 131 Å². The number of nitrogens with zero attached hydrogens (tertiary/aromatic N) is 1. The van der Waals surface area contributed by atoms with Crippen molar-refractivity contribution >= 4 is 29.7 Å². The van der Waals surface area contributed by atoms with E-state index in [2.05, 4.69) is 15.3 Å². The number of ether oxygens (including phenoxy) is 1. The summed E-state index contributed by atoms with van der Waals surface area (Å²) in [4.78, 5) is 29.7. The molecule has 6 nitrogen and oxygen atoms in total. The summed E-state index contributed by atoms with van der Waals surface area (Å²) in [5.74, 6) is 0.441. The van der Waals surface area contributed by atoms with Gasteiger partial charge in [0.2, 0.25) is 0 Å². The topological polar surface area (TPSA) is 84.1 Å². The third-order valence-electron chi connectivity index (χ3n) is 2.90. The summed E-state index contributed by atoms with van der Waals surface area (Å²) in [7, 11) is 2.99. The van der Waals surface area contributed by atoms with E-state index in [-0.39, 0.29) is 5.56 Å². The number of aromatic amines is 1. The summed E-state index contributed by atoms with van der Waals surface area (Å²) in [6, 6.07) is 5.29. The van der Waals surface area contributed by atoms with Gasteiger partial charge in [0.05, 0.1) is 12.1 Å². The molecule has 2 rings (SSSR count). The number of rotatable bonds is 4. The molecule has 7 heteroatoms. The third kappa shape index (κ3) is 3.53. The van der Waals surface area contributed by atoms with Crippen LogP contribution in [0.15, 0.2) is 29.2 Å². The van der Waals surface area contributed by atoms with Gasteiger partial charge >= 0.3 is 0 Å². The number of H-pyrrole nitrogens is 1. The Bertz CT molecular complexity index is 784. The molecule has 0 spiro atoms. The average Bonchev–Trinajstić information content (AvgIpc) is 2.52. The van der Waals surface area contributed by atoms with E-state index < -0.39 is 11.5 Å². The van der Waals surface area contributed by atoms with Gasteiger partial charge in [0, 0.05) is 13.2 Å². The maximum Gasteiger partial charge on any atom is 0.263 e. The van der Waals surface area contributed by atoms with Crippen molar-refractivity contribution in [2.75, 3.05) is 14.2 Å². The number of amides is 1. The van der Waals surface area contributed by atoms with Crippen LogP contribution in [0.25, 0.3) is 12.2 Å². The molecule has 0 unspecified atom stereocenters. The van der Waals surface area contributed by atoms with E-state index in [0.717, 1.165) is 5.56 Å². The standard InChI is InChI=1S/C15H14ClN3O3/c1-17-14(20)10-8-18-13(19-15(10)21)6-4-9-3-5-12(22-2)11(16)7-9/h3-8H,1-2H3,(H,17,20)(H,18,19,21). The lowest BCUT2D eigenvalue weighted by atomic mass is 10.2. The van der Waals surface area contributed by atoms with Crippen LogP contribution >= 0.6 is 11.6 Å². The van der Waals surface area contributed by atoms with Crippen molar-refractivity contribution in [1.29, 1.82) is 0 Å². The van der Waals surface area contributed by atoms with Crippen molar-refractivity contribution in [3.05, 3.63) is 56.7 Å². The predicted octanol–water partition coefficient (Wildman–Crippen LogP) is 1.96. The first-order chi connectivity index (χ1) is 10.5. The summed E-state index contributed by atoms with van der Waals surface area (Å²) < 4.78 is 5.07. The maximum atomic E-state index is 11.8. The molecule has 0 radical (unpaired) electrons. The second-order valence-corrected chi connectivity index (χ2v) is 4.72. The number of hydrogen-bond donors (Lipinski definition) is 2. The van der Waals surface area contributed by atoms with Gasteiger partial charge in [0.1, 0.15) is 17.1 Å². The number of nitrogens with one attached hydrogen (secondary N) is 2. The van der Waals surface area contributed by atoms with Crippen molar-refractivity contribution in [2.45, 2.75) is 0 Å². The van der Waals surface area contributed by atoms with E-state index in [0.29, 0.717) is 16.6 Å². The lowest BCUT2D eigenvalue weighted by Crippen LogP contribution is -2.27. The van der Waals surface area contributed by atoms with Crippen LogP contribution in [0.4, 0.5) is 0 Å². The molecule has 0 saturated carbocycles. The highest BCUT2D eigenvalue weighted by molar-refractivity contribution is 6.32. The van der Waals surface area contributed by atoms with Gasteiger partial charge in [0.25, 0.3) is 11.5 Å². The van der Waals surface area contributed by atoms with E-state index in [4.69, 9.17) is 16.3 Å². The van der Waals surface area contributed by atoms with Crippen LogP contribution in [0, 0.1) is 0 Å². The lowest BCUT2D eigenvalue weighted by Gasteiger charge is -2.03. The van der Waals surface area contributed by atoms with E-state index in [9.17, 15) is 9.59 Å². The largest absolute Gasteiger partial charge is 0.495 e. The number of carbonyl (C=O) groups is 1. The zero-order valence-corrected chi connectivity index (χ0v) is 12.8. The smallest absolute Gasteiger partial charge is 0.263 e. The first kappa shape index (κ1) is 15.8. The minimum absolute atomic E-state index is 0.0351. The Kier molecular flexibility index (Phi) is 4.95. The summed E-state index contributed by atoms with van der Waals surface area (Å²) in [6.45, 7) is 0. The number of hydrogen-bond acceptors (Lipinski definition) is 4. The number of methoxy groups -OCH3 is 1. The van der Waals surface area contributed by atoms with Gasteiger partial charge in [-0.2, -0.15) is 0 Å². The molecule has 0 aliphatic heterocycles. The average molecular weight is 320 g/mol. The minimum Gasteiger partial charge on any atom is -0.495 e. The van der Waals surface area contributed by atoms with Gasteiger partial charge in [-0.15, -0.1) is 0 Å². The van der Waals surface area contributed by atoms with Crippen molar-refractivity contribution < 1.29 is 9.53 Å². The molecule has 1 amide bonds. The molecule has 0 bridgehead atoms. The van der Waals surface area contributed by atoms with Crippen LogP contribution < -0.4 is 15.6 Å². The normalized spacial score (nSPS) is 10.7. The summed E-state index contributed by atoms with van der Waals surface area (Å²) >= 11 is 6.03. The molecule has 1 aromatic carbocycles. The van der Waals surface area contributed by atoms with Crippen LogP contribution in [-0.2, 0) is 0 Å².